The Balaban J connectivity index is 1.87. The van der Waals surface area contributed by atoms with E-state index in [1.807, 2.05) is 18.2 Å². The van der Waals surface area contributed by atoms with Crippen molar-refractivity contribution in [1.29, 1.82) is 0 Å². The van der Waals surface area contributed by atoms with Gasteiger partial charge in [0.1, 0.15) is 5.01 Å². The van der Waals surface area contributed by atoms with Crippen LogP contribution in [0.5, 0.6) is 0 Å². The Labute approximate surface area is 120 Å². The predicted octanol–water partition coefficient (Wildman–Crippen LogP) is 3.47. The molecule has 0 amide bonds. The van der Waals surface area contributed by atoms with E-state index >= 15 is 0 Å². The number of ether oxygens (including phenoxy) is 1. The zero-order chi connectivity index (χ0) is 13.4. The van der Waals surface area contributed by atoms with Gasteiger partial charge in [-0.15, -0.1) is 11.3 Å². The van der Waals surface area contributed by atoms with E-state index in [4.69, 9.17) is 16.3 Å². The summed E-state index contributed by atoms with van der Waals surface area (Å²) >= 11 is 7.57. The van der Waals surface area contributed by atoms with E-state index in [2.05, 4.69) is 4.98 Å². The summed E-state index contributed by atoms with van der Waals surface area (Å²) in [5.74, 6) is -0.216. The molecule has 2 aromatic rings. The lowest BCUT2D eigenvalue weighted by atomic mass is 10.1. The quantitative estimate of drug-likeness (QED) is 0.694. The van der Waals surface area contributed by atoms with Gasteiger partial charge in [0.25, 0.3) is 0 Å². The number of fused-ring (bicyclic) bond motifs is 3. The van der Waals surface area contributed by atoms with Gasteiger partial charge in [-0.25, -0.2) is 4.98 Å². The molecule has 0 fully saturated rings. The van der Waals surface area contributed by atoms with Gasteiger partial charge in [0.2, 0.25) is 0 Å². The van der Waals surface area contributed by atoms with E-state index in [9.17, 15) is 4.79 Å². The molecule has 0 bridgehead atoms. The fourth-order valence-electron chi connectivity index (χ4n) is 2.25. The maximum atomic E-state index is 11.5. The van der Waals surface area contributed by atoms with Gasteiger partial charge in [0.05, 0.1) is 18.7 Å². The first-order valence-corrected chi connectivity index (χ1v) is 7.30. The molecule has 98 valence electrons. The molecule has 1 aromatic carbocycles. The molecule has 0 spiro atoms. The zero-order valence-electron chi connectivity index (χ0n) is 10.4. The smallest absolute Gasteiger partial charge is 0.312 e. The van der Waals surface area contributed by atoms with Crippen molar-refractivity contribution in [1.82, 2.24) is 4.98 Å². The molecule has 1 aromatic heterocycles. The van der Waals surface area contributed by atoms with E-state index in [1.165, 1.54) is 10.4 Å². The number of carbonyl (C=O) groups is 1. The van der Waals surface area contributed by atoms with Crippen LogP contribution in [0.3, 0.4) is 0 Å². The minimum absolute atomic E-state index is 0.216. The highest BCUT2D eigenvalue weighted by molar-refractivity contribution is 7.12. The largest absolute Gasteiger partial charge is 0.466 e. The summed E-state index contributed by atoms with van der Waals surface area (Å²) < 4.78 is 4.94. The molecule has 3 nitrogen and oxygen atoms in total. The molecule has 19 heavy (non-hydrogen) atoms. The summed E-state index contributed by atoms with van der Waals surface area (Å²) in [6.07, 6.45) is 1.11. The first-order valence-electron chi connectivity index (χ1n) is 6.10. The number of thiazole rings is 1. The number of hydrogen-bond donors (Lipinski definition) is 0. The number of halogens is 1. The first kappa shape index (κ1) is 12.6. The Morgan fingerprint density at radius 3 is 3.16 bits per heavy atom. The third-order valence-electron chi connectivity index (χ3n) is 3.02. The summed E-state index contributed by atoms with van der Waals surface area (Å²) in [7, 11) is 0. The Morgan fingerprint density at radius 1 is 1.53 bits per heavy atom. The fourth-order valence-corrected chi connectivity index (χ4v) is 3.54. The third-order valence-corrected chi connectivity index (χ3v) is 4.31. The first-order chi connectivity index (χ1) is 9.17. The van der Waals surface area contributed by atoms with Gasteiger partial charge in [-0.05, 0) is 24.6 Å². The number of hydrogen-bond acceptors (Lipinski definition) is 4. The van der Waals surface area contributed by atoms with Crippen LogP contribution in [-0.4, -0.2) is 17.6 Å². The van der Waals surface area contributed by atoms with Crippen molar-refractivity contribution in [2.24, 2.45) is 0 Å². The van der Waals surface area contributed by atoms with Gasteiger partial charge in [0.15, 0.2) is 0 Å². The van der Waals surface area contributed by atoms with Crippen LogP contribution in [0, 0.1) is 0 Å². The summed E-state index contributed by atoms with van der Waals surface area (Å²) in [5, 5.41) is 1.57. The number of rotatable bonds is 3. The molecule has 0 saturated carbocycles. The normalized spacial score (nSPS) is 12.1. The van der Waals surface area contributed by atoms with Gasteiger partial charge in [-0.1, -0.05) is 17.7 Å². The van der Waals surface area contributed by atoms with Crippen LogP contribution in [0.4, 0.5) is 0 Å². The lowest BCUT2D eigenvalue weighted by molar-refractivity contribution is -0.142. The van der Waals surface area contributed by atoms with Crippen molar-refractivity contribution in [2.75, 3.05) is 6.61 Å². The van der Waals surface area contributed by atoms with Crippen LogP contribution >= 0.6 is 22.9 Å². The van der Waals surface area contributed by atoms with E-state index in [0.29, 0.717) is 6.61 Å². The highest BCUT2D eigenvalue weighted by atomic mass is 35.5. The molecule has 0 N–H and O–H groups in total. The summed E-state index contributed by atoms with van der Waals surface area (Å²) in [4.78, 5) is 17.2. The molecule has 1 aliphatic rings. The molecule has 0 unspecified atom stereocenters. The average molecular weight is 294 g/mol. The Hall–Kier alpha value is -1.39. The minimum atomic E-state index is -0.216. The van der Waals surface area contributed by atoms with Gasteiger partial charge in [0, 0.05) is 21.9 Å². The predicted molar refractivity (Wildman–Crippen MR) is 75.7 cm³/mol. The van der Waals surface area contributed by atoms with Gasteiger partial charge in [-0.3, -0.25) is 4.79 Å². The number of aromatic nitrogens is 1. The van der Waals surface area contributed by atoms with E-state index in [1.54, 1.807) is 18.3 Å². The molecule has 0 aliphatic heterocycles. The minimum Gasteiger partial charge on any atom is -0.466 e. The molecular weight excluding hydrogens is 282 g/mol. The topological polar surface area (TPSA) is 39.2 Å². The van der Waals surface area contributed by atoms with Gasteiger partial charge >= 0.3 is 5.97 Å². The highest BCUT2D eigenvalue weighted by Crippen LogP contribution is 2.40. The summed E-state index contributed by atoms with van der Waals surface area (Å²) in [6, 6.07) is 5.85. The van der Waals surface area contributed by atoms with Crippen molar-refractivity contribution in [2.45, 2.75) is 19.8 Å². The number of benzene rings is 1. The number of carbonyl (C=O) groups excluding carboxylic acids is 1. The van der Waals surface area contributed by atoms with Crippen molar-refractivity contribution < 1.29 is 9.53 Å². The lowest BCUT2D eigenvalue weighted by Gasteiger charge is -2.00. The molecular formula is C14H12ClNO2S. The standard InChI is InChI=1S/C14H12ClNO2S/c1-2-18-13(17)7-12-16-14-10-4-3-9(15)5-8(10)6-11(14)19-12/h3-5H,2,6-7H2,1H3. The van der Waals surface area contributed by atoms with Crippen LogP contribution in [-0.2, 0) is 22.4 Å². The van der Waals surface area contributed by atoms with Gasteiger partial charge in [-0.2, -0.15) is 0 Å². The zero-order valence-corrected chi connectivity index (χ0v) is 12.0. The van der Waals surface area contributed by atoms with Crippen molar-refractivity contribution in [3.8, 4) is 11.3 Å². The molecule has 1 aliphatic carbocycles. The fraction of sp³-hybridized carbons (Fsp3) is 0.286. The van der Waals surface area contributed by atoms with E-state index in [0.717, 1.165) is 27.7 Å². The van der Waals surface area contributed by atoms with Crippen molar-refractivity contribution >= 4 is 28.9 Å². The SMILES string of the molecule is CCOC(=O)Cc1nc2c(s1)Cc1cc(Cl)ccc1-2. The molecule has 0 saturated heterocycles. The van der Waals surface area contributed by atoms with Crippen LogP contribution in [0.15, 0.2) is 18.2 Å². The van der Waals surface area contributed by atoms with Crippen LogP contribution in [0.2, 0.25) is 5.02 Å². The molecule has 3 rings (SSSR count). The molecule has 1 heterocycles. The maximum Gasteiger partial charge on any atom is 0.312 e. The summed E-state index contributed by atoms with van der Waals surface area (Å²) in [6.45, 7) is 2.21. The summed E-state index contributed by atoms with van der Waals surface area (Å²) in [5.41, 5.74) is 3.34. The maximum absolute atomic E-state index is 11.5. The second-order valence-corrected chi connectivity index (χ2v) is 5.94. The Bertz CT molecular complexity index is 651. The number of esters is 1. The second-order valence-electron chi connectivity index (χ2n) is 4.34. The van der Waals surface area contributed by atoms with Gasteiger partial charge < -0.3 is 4.74 Å². The Kier molecular flexibility index (Phi) is 3.29. The molecule has 0 atom stereocenters. The Morgan fingerprint density at radius 2 is 2.37 bits per heavy atom. The van der Waals surface area contributed by atoms with Crippen LogP contribution < -0.4 is 0 Å². The lowest BCUT2D eigenvalue weighted by Crippen LogP contribution is -2.07. The average Bonchev–Trinajstić information content (AvgIpc) is 2.85. The molecule has 5 heteroatoms. The van der Waals surface area contributed by atoms with E-state index < -0.39 is 0 Å². The highest BCUT2D eigenvalue weighted by Gasteiger charge is 2.24. The third kappa shape index (κ3) is 2.38. The van der Waals surface area contributed by atoms with Crippen LogP contribution in [0.25, 0.3) is 11.3 Å². The van der Waals surface area contributed by atoms with Crippen molar-refractivity contribution in [3.05, 3.63) is 38.7 Å². The van der Waals surface area contributed by atoms with E-state index in [-0.39, 0.29) is 12.4 Å². The van der Waals surface area contributed by atoms with Crippen LogP contribution in [0.1, 0.15) is 22.4 Å². The number of nitrogens with zero attached hydrogens (tertiary/aromatic N) is 1. The molecule has 0 radical (unpaired) electrons. The van der Waals surface area contributed by atoms with Crippen molar-refractivity contribution in [3.63, 3.8) is 0 Å². The second kappa shape index (κ2) is 4.94. The monoisotopic (exact) mass is 293 g/mol.